The van der Waals surface area contributed by atoms with Crippen LogP contribution in [0.15, 0.2) is 0 Å². The van der Waals surface area contributed by atoms with Crippen LogP contribution in [0.3, 0.4) is 0 Å². The van der Waals surface area contributed by atoms with E-state index in [0.29, 0.717) is 0 Å². The van der Waals surface area contributed by atoms with Gasteiger partial charge in [-0.05, 0) is 0 Å². The highest BCUT2D eigenvalue weighted by atomic mass is 16.5. The van der Waals surface area contributed by atoms with Crippen LogP contribution in [0.5, 0.6) is 0 Å². The van der Waals surface area contributed by atoms with Crippen molar-refractivity contribution in [3.8, 4) is 0 Å². The predicted molar refractivity (Wildman–Crippen MR) is 39.4 cm³/mol. The highest BCUT2D eigenvalue weighted by molar-refractivity contribution is 6.04. The summed E-state index contributed by atoms with van der Waals surface area (Å²) in [6, 6.07) is 0. The molecule has 0 bridgehead atoms. The summed E-state index contributed by atoms with van der Waals surface area (Å²) < 4.78 is 0. The zero-order valence-electron chi connectivity index (χ0n) is 6.93. The Labute approximate surface area is 77.7 Å². The number of hydrogen-bond acceptors (Lipinski definition) is 5. The van der Waals surface area contributed by atoms with Gasteiger partial charge in [0.15, 0.2) is 0 Å². The quantitative estimate of drug-likeness (QED) is 0.202. The second-order valence-corrected chi connectivity index (χ2v) is 2.50. The van der Waals surface area contributed by atoms with Crippen LogP contribution in [0.25, 0.3) is 0 Å². The third-order valence-corrected chi connectivity index (χ3v) is 1.53. The highest BCUT2D eigenvalue weighted by Crippen LogP contribution is 2.13. The molecule has 0 heterocycles. The normalized spacial score (nSPS) is 14.1. The number of rotatable bonds is 5. The molecule has 14 heavy (non-hydrogen) atoms. The fraction of sp³-hybridized carbons (Fsp3) is 0.500. The number of nitrogens with one attached hydrogen (secondary N) is 1. The van der Waals surface area contributed by atoms with Gasteiger partial charge in [0, 0.05) is 12.8 Å². The number of amides is 1. The molecule has 0 radical (unpaired) electrons. The van der Waals surface area contributed by atoms with Crippen molar-refractivity contribution in [1.29, 1.82) is 0 Å². The second kappa shape index (κ2) is 4.53. The van der Waals surface area contributed by atoms with Crippen LogP contribution in [0.4, 0.5) is 0 Å². The van der Waals surface area contributed by atoms with E-state index < -0.39 is 36.3 Å². The van der Waals surface area contributed by atoms with Crippen molar-refractivity contribution in [3.05, 3.63) is 0 Å². The minimum absolute atomic E-state index is 0.712. The topological polar surface area (TPSA) is 144 Å². The number of aliphatic carboxylic acids is 2. The first kappa shape index (κ1) is 12.3. The van der Waals surface area contributed by atoms with Gasteiger partial charge < -0.3 is 15.3 Å². The van der Waals surface area contributed by atoms with Crippen molar-refractivity contribution in [3.63, 3.8) is 0 Å². The maximum Gasteiger partial charge on any atom is 0.345 e. The summed E-state index contributed by atoms with van der Waals surface area (Å²) in [6.07, 6.45) is -1.54. The van der Waals surface area contributed by atoms with E-state index in [-0.39, 0.29) is 0 Å². The van der Waals surface area contributed by atoms with Gasteiger partial charge in [-0.1, -0.05) is 0 Å². The van der Waals surface area contributed by atoms with E-state index in [4.69, 9.17) is 15.4 Å². The number of carbonyl (C=O) groups excluding carboxylic acids is 1. The Balaban J connectivity index is 4.64. The van der Waals surface area contributed by atoms with Crippen LogP contribution < -0.4 is 5.48 Å². The van der Waals surface area contributed by atoms with E-state index in [0.717, 1.165) is 5.48 Å². The molecule has 80 valence electrons. The molecular formula is C6H9NO7. The molecule has 0 aromatic rings. The number of hydrogen-bond donors (Lipinski definition) is 5. The van der Waals surface area contributed by atoms with Crippen molar-refractivity contribution < 1.29 is 34.9 Å². The molecule has 0 fully saturated rings. The molecule has 0 aromatic heterocycles. The van der Waals surface area contributed by atoms with Gasteiger partial charge in [-0.15, -0.1) is 0 Å². The van der Waals surface area contributed by atoms with Crippen LogP contribution in [-0.2, 0) is 14.4 Å². The largest absolute Gasteiger partial charge is 0.481 e. The predicted octanol–water partition coefficient (Wildman–Crippen LogP) is -1.83. The molecular weight excluding hydrogens is 198 g/mol. The molecule has 0 saturated carbocycles. The summed E-state index contributed by atoms with van der Waals surface area (Å²) in [7, 11) is 0. The molecule has 1 atom stereocenters. The minimum atomic E-state index is -2.92. The van der Waals surface area contributed by atoms with Crippen LogP contribution in [0, 0.1) is 0 Å². The van der Waals surface area contributed by atoms with Crippen LogP contribution >= 0.6 is 0 Å². The number of carbonyl (C=O) groups is 3. The van der Waals surface area contributed by atoms with Crippen molar-refractivity contribution in [2.24, 2.45) is 0 Å². The molecule has 0 aliphatic heterocycles. The van der Waals surface area contributed by atoms with E-state index >= 15 is 0 Å². The first-order chi connectivity index (χ1) is 6.34. The Hall–Kier alpha value is -1.67. The summed E-state index contributed by atoms with van der Waals surface area (Å²) in [5.41, 5.74) is -1.98. The fourth-order valence-electron chi connectivity index (χ4n) is 0.698. The Bertz CT molecular complexity index is 263. The zero-order valence-corrected chi connectivity index (χ0v) is 6.93. The average Bonchev–Trinajstić information content (AvgIpc) is 2.12. The monoisotopic (exact) mass is 207 g/mol. The minimum Gasteiger partial charge on any atom is -0.481 e. The molecule has 0 aliphatic rings. The Morgan fingerprint density at radius 3 is 2.00 bits per heavy atom. The van der Waals surface area contributed by atoms with Gasteiger partial charge in [0.2, 0.25) is 5.60 Å². The van der Waals surface area contributed by atoms with Crippen LogP contribution in [0.1, 0.15) is 12.8 Å². The van der Waals surface area contributed by atoms with E-state index in [9.17, 15) is 19.5 Å². The van der Waals surface area contributed by atoms with E-state index in [1.54, 1.807) is 0 Å². The lowest BCUT2D eigenvalue weighted by Gasteiger charge is -2.19. The summed E-state index contributed by atoms with van der Waals surface area (Å²) in [5, 5.41) is 33.9. The Morgan fingerprint density at radius 2 is 1.71 bits per heavy atom. The Kier molecular flexibility index (Phi) is 3.99. The van der Waals surface area contributed by atoms with E-state index in [2.05, 4.69) is 0 Å². The molecule has 0 saturated heterocycles. The molecule has 1 amide bonds. The maximum atomic E-state index is 10.7. The third-order valence-electron chi connectivity index (χ3n) is 1.53. The lowest BCUT2D eigenvalue weighted by atomic mass is 9.97. The SMILES string of the molecule is O=C(O)CCC(O)(C(=O)O)C(=O)NO. The lowest BCUT2D eigenvalue weighted by Crippen LogP contribution is -2.52. The van der Waals surface area contributed by atoms with Gasteiger partial charge in [0.1, 0.15) is 0 Å². The van der Waals surface area contributed by atoms with Crippen LogP contribution in [0.2, 0.25) is 0 Å². The summed E-state index contributed by atoms with van der Waals surface area (Å²) >= 11 is 0. The summed E-state index contributed by atoms with van der Waals surface area (Å²) in [6.45, 7) is 0. The van der Waals surface area contributed by atoms with Gasteiger partial charge >= 0.3 is 11.9 Å². The zero-order chi connectivity index (χ0) is 11.4. The Morgan fingerprint density at radius 1 is 1.21 bits per heavy atom. The molecule has 1 unspecified atom stereocenters. The van der Waals surface area contributed by atoms with Crippen LogP contribution in [-0.4, -0.2) is 44.0 Å². The van der Waals surface area contributed by atoms with Gasteiger partial charge in [-0.3, -0.25) is 14.8 Å². The average molecular weight is 207 g/mol. The van der Waals surface area contributed by atoms with Gasteiger partial charge in [0.05, 0.1) is 0 Å². The van der Waals surface area contributed by atoms with Crippen molar-refractivity contribution >= 4 is 17.8 Å². The number of carboxylic acid groups (broad SMARTS) is 2. The van der Waals surface area contributed by atoms with Gasteiger partial charge in [-0.25, -0.2) is 10.3 Å². The third kappa shape index (κ3) is 2.68. The molecule has 0 aliphatic carbocycles. The van der Waals surface area contributed by atoms with Crippen molar-refractivity contribution in [1.82, 2.24) is 5.48 Å². The van der Waals surface area contributed by atoms with E-state index in [1.165, 1.54) is 0 Å². The van der Waals surface area contributed by atoms with Gasteiger partial charge in [-0.2, -0.15) is 0 Å². The van der Waals surface area contributed by atoms with Crippen molar-refractivity contribution in [2.75, 3.05) is 0 Å². The first-order valence-corrected chi connectivity index (χ1v) is 3.46. The lowest BCUT2D eigenvalue weighted by molar-refractivity contribution is -0.171. The summed E-state index contributed by atoms with van der Waals surface area (Å²) in [5.74, 6) is -4.87. The molecule has 0 rings (SSSR count). The molecule has 5 N–H and O–H groups in total. The fourth-order valence-corrected chi connectivity index (χ4v) is 0.698. The standard InChI is InChI=1S/C6H9NO7/c8-3(9)1-2-6(13,5(11)12)4(10)7-14/h13-14H,1-2H2,(H,7,10)(H,8,9)(H,11,12). The smallest absolute Gasteiger partial charge is 0.345 e. The van der Waals surface area contributed by atoms with Crippen molar-refractivity contribution in [2.45, 2.75) is 18.4 Å². The van der Waals surface area contributed by atoms with Gasteiger partial charge in [0.25, 0.3) is 5.91 Å². The number of carboxylic acids is 2. The highest BCUT2D eigenvalue weighted by Gasteiger charge is 2.44. The number of aliphatic hydroxyl groups is 1. The first-order valence-electron chi connectivity index (χ1n) is 3.46. The number of hydroxylamine groups is 1. The maximum absolute atomic E-state index is 10.7. The molecule has 0 aromatic carbocycles. The second-order valence-electron chi connectivity index (χ2n) is 2.50. The molecule has 0 spiro atoms. The van der Waals surface area contributed by atoms with E-state index in [1.807, 2.05) is 0 Å². The molecule has 8 nitrogen and oxygen atoms in total. The molecule has 8 heteroatoms. The summed E-state index contributed by atoms with van der Waals surface area (Å²) in [4.78, 5) is 31.2.